The molecule has 22 heavy (non-hydrogen) atoms. The maximum absolute atomic E-state index is 11.8. The lowest BCUT2D eigenvalue weighted by Crippen LogP contribution is -2.46. The first-order valence-corrected chi connectivity index (χ1v) is 8.12. The van der Waals surface area contributed by atoms with Gasteiger partial charge >= 0.3 is 6.09 Å². The first kappa shape index (κ1) is 16.8. The van der Waals surface area contributed by atoms with E-state index in [1.165, 1.54) is 0 Å². The van der Waals surface area contributed by atoms with Crippen LogP contribution in [0.25, 0.3) is 0 Å². The Kier molecular flexibility index (Phi) is 5.83. The largest absolute Gasteiger partial charge is 0.445 e. The normalized spacial score (nSPS) is 17.2. The highest BCUT2D eigenvalue weighted by molar-refractivity contribution is 5.67. The maximum atomic E-state index is 11.8. The highest BCUT2D eigenvalue weighted by atomic mass is 16.5. The van der Waals surface area contributed by atoms with Crippen molar-refractivity contribution < 1.29 is 9.53 Å². The molecule has 122 valence electrons. The Balaban J connectivity index is 1.66. The molecule has 0 aliphatic carbocycles. The smallest absolute Gasteiger partial charge is 0.407 e. The molecule has 1 aliphatic heterocycles. The Bertz CT molecular complexity index is 460. The van der Waals surface area contributed by atoms with Gasteiger partial charge in [0.05, 0.1) is 0 Å². The zero-order valence-electron chi connectivity index (χ0n) is 14.0. The van der Waals surface area contributed by atoms with Gasteiger partial charge in [-0.3, -0.25) is 0 Å². The van der Waals surface area contributed by atoms with E-state index < -0.39 is 0 Å². The van der Waals surface area contributed by atoms with Crippen LogP contribution in [-0.2, 0) is 11.3 Å². The molecule has 0 bridgehead atoms. The van der Waals surface area contributed by atoms with Crippen molar-refractivity contribution in [2.24, 2.45) is 5.41 Å². The van der Waals surface area contributed by atoms with Gasteiger partial charge in [0.15, 0.2) is 0 Å². The van der Waals surface area contributed by atoms with Gasteiger partial charge in [0, 0.05) is 25.7 Å². The molecule has 0 spiro atoms. The summed E-state index contributed by atoms with van der Waals surface area (Å²) in [6, 6.07) is 9.99. The molecule has 4 nitrogen and oxygen atoms in total. The third kappa shape index (κ3) is 6.06. The SMILES string of the molecule is CC(C)(C)CN1CCC(NC(=O)OCc2ccccc2)CC1. The van der Waals surface area contributed by atoms with Gasteiger partial charge in [0.25, 0.3) is 0 Å². The van der Waals surface area contributed by atoms with Crippen LogP contribution in [0.15, 0.2) is 30.3 Å². The molecular weight excluding hydrogens is 276 g/mol. The Morgan fingerprint density at radius 3 is 2.45 bits per heavy atom. The highest BCUT2D eigenvalue weighted by Gasteiger charge is 2.24. The minimum atomic E-state index is -0.307. The Morgan fingerprint density at radius 1 is 1.23 bits per heavy atom. The molecule has 1 fully saturated rings. The summed E-state index contributed by atoms with van der Waals surface area (Å²) in [5.74, 6) is 0. The van der Waals surface area contributed by atoms with Crippen LogP contribution in [0.3, 0.4) is 0 Å². The number of likely N-dealkylation sites (tertiary alicyclic amines) is 1. The van der Waals surface area contributed by atoms with E-state index >= 15 is 0 Å². The van der Waals surface area contributed by atoms with Crippen LogP contribution in [0.2, 0.25) is 0 Å². The average Bonchev–Trinajstić information content (AvgIpc) is 2.47. The second-order valence-electron chi connectivity index (χ2n) is 7.32. The first-order chi connectivity index (χ1) is 10.4. The molecule has 0 aromatic heterocycles. The number of benzene rings is 1. The third-order valence-electron chi connectivity index (χ3n) is 3.82. The Hall–Kier alpha value is -1.55. The Labute approximate surface area is 133 Å². The predicted octanol–water partition coefficient (Wildman–Crippen LogP) is 3.42. The molecule has 0 saturated carbocycles. The zero-order chi connectivity index (χ0) is 16.0. The number of piperidine rings is 1. The lowest BCUT2D eigenvalue weighted by molar-refractivity contribution is 0.118. The number of nitrogens with one attached hydrogen (secondary N) is 1. The Morgan fingerprint density at radius 2 is 1.86 bits per heavy atom. The number of alkyl carbamates (subject to hydrolysis) is 1. The van der Waals surface area contributed by atoms with Gasteiger partial charge in [0.1, 0.15) is 6.61 Å². The van der Waals surface area contributed by atoms with E-state index in [1.54, 1.807) is 0 Å². The molecule has 2 rings (SSSR count). The standard InChI is InChI=1S/C18H28N2O2/c1-18(2,3)14-20-11-9-16(10-12-20)19-17(21)22-13-15-7-5-4-6-8-15/h4-8,16H,9-14H2,1-3H3,(H,19,21). The minimum Gasteiger partial charge on any atom is -0.445 e. The van der Waals surface area contributed by atoms with E-state index in [0.717, 1.165) is 38.0 Å². The van der Waals surface area contributed by atoms with Crippen molar-refractivity contribution in [1.82, 2.24) is 10.2 Å². The number of nitrogens with zero attached hydrogens (tertiary/aromatic N) is 1. The predicted molar refractivity (Wildman–Crippen MR) is 88.7 cm³/mol. The number of hydrogen-bond donors (Lipinski definition) is 1. The van der Waals surface area contributed by atoms with E-state index in [4.69, 9.17) is 4.74 Å². The molecule has 1 aromatic carbocycles. The molecule has 1 heterocycles. The van der Waals surface area contributed by atoms with Crippen molar-refractivity contribution in [3.63, 3.8) is 0 Å². The van der Waals surface area contributed by atoms with E-state index in [-0.39, 0.29) is 12.1 Å². The van der Waals surface area contributed by atoms with Gasteiger partial charge < -0.3 is 15.0 Å². The van der Waals surface area contributed by atoms with Crippen LogP contribution in [0, 0.1) is 5.41 Å². The summed E-state index contributed by atoms with van der Waals surface area (Å²) in [5.41, 5.74) is 1.34. The summed E-state index contributed by atoms with van der Waals surface area (Å²) in [6.45, 7) is 10.3. The lowest BCUT2D eigenvalue weighted by atomic mass is 9.94. The fourth-order valence-electron chi connectivity index (χ4n) is 2.84. The van der Waals surface area contributed by atoms with E-state index in [0.29, 0.717) is 12.0 Å². The molecule has 1 N–H and O–H groups in total. The number of carbonyl (C=O) groups excluding carboxylic acids is 1. The van der Waals surface area contributed by atoms with Crippen molar-refractivity contribution >= 4 is 6.09 Å². The van der Waals surface area contributed by atoms with E-state index in [9.17, 15) is 4.79 Å². The van der Waals surface area contributed by atoms with Crippen molar-refractivity contribution in [3.8, 4) is 0 Å². The average molecular weight is 304 g/mol. The number of ether oxygens (including phenoxy) is 1. The van der Waals surface area contributed by atoms with Crippen LogP contribution in [-0.4, -0.2) is 36.7 Å². The first-order valence-electron chi connectivity index (χ1n) is 8.12. The lowest BCUT2D eigenvalue weighted by Gasteiger charge is -2.35. The van der Waals surface area contributed by atoms with E-state index in [2.05, 4.69) is 31.0 Å². The molecule has 0 atom stereocenters. The quantitative estimate of drug-likeness (QED) is 0.926. The van der Waals surface area contributed by atoms with Gasteiger partial charge in [0.2, 0.25) is 0 Å². The second kappa shape index (κ2) is 7.63. The molecule has 1 saturated heterocycles. The van der Waals surface area contributed by atoms with Crippen molar-refractivity contribution in [3.05, 3.63) is 35.9 Å². The number of hydrogen-bond acceptors (Lipinski definition) is 3. The molecule has 1 amide bonds. The van der Waals surface area contributed by atoms with Crippen molar-refractivity contribution in [2.75, 3.05) is 19.6 Å². The number of rotatable bonds is 4. The van der Waals surface area contributed by atoms with Gasteiger partial charge in [-0.15, -0.1) is 0 Å². The fourth-order valence-corrected chi connectivity index (χ4v) is 2.84. The number of amides is 1. The van der Waals surface area contributed by atoms with Gasteiger partial charge in [-0.1, -0.05) is 51.1 Å². The fraction of sp³-hybridized carbons (Fsp3) is 0.611. The zero-order valence-corrected chi connectivity index (χ0v) is 14.0. The highest BCUT2D eigenvalue weighted by Crippen LogP contribution is 2.19. The topological polar surface area (TPSA) is 41.6 Å². The van der Waals surface area contributed by atoms with Gasteiger partial charge in [-0.25, -0.2) is 4.79 Å². The summed E-state index contributed by atoms with van der Waals surface area (Å²) in [7, 11) is 0. The third-order valence-corrected chi connectivity index (χ3v) is 3.82. The van der Waals surface area contributed by atoms with Crippen LogP contribution in [0.4, 0.5) is 4.79 Å². The summed E-state index contributed by atoms with van der Waals surface area (Å²) >= 11 is 0. The number of carbonyl (C=O) groups is 1. The molecule has 4 heteroatoms. The molecule has 0 unspecified atom stereocenters. The van der Waals surface area contributed by atoms with Crippen LogP contribution in [0.5, 0.6) is 0 Å². The summed E-state index contributed by atoms with van der Waals surface area (Å²) < 4.78 is 5.27. The van der Waals surface area contributed by atoms with Gasteiger partial charge in [-0.2, -0.15) is 0 Å². The van der Waals surface area contributed by atoms with Crippen LogP contribution in [0.1, 0.15) is 39.2 Å². The molecule has 1 aliphatic rings. The molecule has 1 aromatic rings. The van der Waals surface area contributed by atoms with Crippen LogP contribution >= 0.6 is 0 Å². The molecule has 0 radical (unpaired) electrons. The van der Waals surface area contributed by atoms with Gasteiger partial charge in [-0.05, 0) is 23.8 Å². The maximum Gasteiger partial charge on any atom is 0.407 e. The molecular formula is C18H28N2O2. The second-order valence-corrected chi connectivity index (χ2v) is 7.32. The monoisotopic (exact) mass is 304 g/mol. The van der Waals surface area contributed by atoms with Crippen molar-refractivity contribution in [2.45, 2.75) is 46.3 Å². The summed E-state index contributed by atoms with van der Waals surface area (Å²) in [6.07, 6.45) is 1.69. The van der Waals surface area contributed by atoms with Crippen molar-refractivity contribution in [1.29, 1.82) is 0 Å². The minimum absolute atomic E-state index is 0.236. The summed E-state index contributed by atoms with van der Waals surface area (Å²) in [5, 5.41) is 2.98. The van der Waals surface area contributed by atoms with E-state index in [1.807, 2.05) is 30.3 Å². The van der Waals surface area contributed by atoms with Crippen LogP contribution < -0.4 is 5.32 Å². The summed E-state index contributed by atoms with van der Waals surface area (Å²) in [4.78, 5) is 14.3.